The van der Waals surface area contributed by atoms with Crippen molar-refractivity contribution in [1.29, 1.82) is 0 Å². The fourth-order valence-corrected chi connectivity index (χ4v) is 1.08. The van der Waals surface area contributed by atoms with Gasteiger partial charge in [0.15, 0.2) is 6.29 Å². The molecule has 0 aliphatic rings. The number of aliphatic hydroxyl groups is 1. The number of ether oxygens (including phenoxy) is 3. The molecule has 3 atom stereocenters. The number of hydrogen-bond acceptors (Lipinski definition) is 5. The molecule has 0 spiro atoms. The third-order valence-electron chi connectivity index (χ3n) is 1.85. The lowest BCUT2D eigenvalue weighted by Crippen LogP contribution is -2.44. The van der Waals surface area contributed by atoms with Gasteiger partial charge >= 0.3 is 0 Å². The summed E-state index contributed by atoms with van der Waals surface area (Å²) in [4.78, 5) is 10.5. The van der Waals surface area contributed by atoms with Crippen molar-refractivity contribution >= 4 is 6.29 Å². The van der Waals surface area contributed by atoms with Crippen LogP contribution in [0.1, 0.15) is 0 Å². The summed E-state index contributed by atoms with van der Waals surface area (Å²) < 4.78 is 14.8. The third kappa shape index (κ3) is 3.40. The Morgan fingerprint density at radius 3 is 2.08 bits per heavy atom. The average Bonchev–Trinajstić information content (AvgIpc) is 2.18. The maximum Gasteiger partial charge on any atom is 0.151 e. The van der Waals surface area contributed by atoms with Crippen molar-refractivity contribution < 1.29 is 24.1 Å². The number of aliphatic hydroxyl groups excluding tert-OH is 1. The molecule has 0 bridgehead atoms. The minimum absolute atomic E-state index is 0.220. The smallest absolute Gasteiger partial charge is 0.151 e. The Labute approximate surface area is 77.6 Å². The largest absolute Gasteiger partial charge is 0.394 e. The molecule has 0 saturated heterocycles. The van der Waals surface area contributed by atoms with Crippen molar-refractivity contribution in [2.75, 3.05) is 27.9 Å². The summed E-state index contributed by atoms with van der Waals surface area (Å²) >= 11 is 0. The van der Waals surface area contributed by atoms with E-state index in [1.165, 1.54) is 21.3 Å². The number of carbonyl (C=O) groups excluding carboxylic acids is 1. The Hall–Kier alpha value is -0.490. The first-order valence-corrected chi connectivity index (χ1v) is 3.89. The molecule has 0 fully saturated rings. The number of carbonyl (C=O) groups is 1. The molecule has 0 unspecified atom stereocenters. The van der Waals surface area contributed by atoms with Gasteiger partial charge in [-0.15, -0.1) is 0 Å². The van der Waals surface area contributed by atoms with Crippen molar-refractivity contribution in [3.63, 3.8) is 0 Å². The van der Waals surface area contributed by atoms with E-state index in [1.54, 1.807) is 0 Å². The van der Waals surface area contributed by atoms with Crippen LogP contribution in [0.3, 0.4) is 0 Å². The Morgan fingerprint density at radius 2 is 1.85 bits per heavy atom. The lowest BCUT2D eigenvalue weighted by atomic mass is 10.1. The number of rotatable bonds is 7. The second-order valence-corrected chi connectivity index (χ2v) is 2.49. The molecule has 0 aromatic heterocycles. The normalized spacial score (nSPS) is 17.8. The van der Waals surface area contributed by atoms with Gasteiger partial charge in [0.25, 0.3) is 0 Å². The van der Waals surface area contributed by atoms with E-state index in [1.807, 2.05) is 0 Å². The number of methoxy groups -OCH3 is 3. The fourth-order valence-electron chi connectivity index (χ4n) is 1.08. The molecule has 0 saturated carbocycles. The van der Waals surface area contributed by atoms with Crippen LogP contribution in [0.2, 0.25) is 0 Å². The van der Waals surface area contributed by atoms with Gasteiger partial charge in [-0.1, -0.05) is 0 Å². The van der Waals surface area contributed by atoms with Crippen LogP contribution in [0.15, 0.2) is 0 Å². The van der Waals surface area contributed by atoms with Crippen LogP contribution in [0.25, 0.3) is 0 Å². The van der Waals surface area contributed by atoms with E-state index >= 15 is 0 Å². The summed E-state index contributed by atoms with van der Waals surface area (Å²) in [7, 11) is 4.27. The van der Waals surface area contributed by atoms with Crippen LogP contribution in [0.5, 0.6) is 0 Å². The summed E-state index contributed by atoms with van der Waals surface area (Å²) in [6.45, 7) is -0.220. The lowest BCUT2D eigenvalue weighted by molar-refractivity contribution is -0.140. The maximum absolute atomic E-state index is 10.5. The third-order valence-corrected chi connectivity index (χ3v) is 1.85. The van der Waals surface area contributed by atoms with Crippen molar-refractivity contribution in [1.82, 2.24) is 0 Å². The summed E-state index contributed by atoms with van der Waals surface area (Å²) in [6, 6.07) is 0. The predicted molar refractivity (Wildman–Crippen MR) is 45.5 cm³/mol. The van der Waals surface area contributed by atoms with E-state index in [-0.39, 0.29) is 6.61 Å². The number of hydrogen-bond donors (Lipinski definition) is 1. The fraction of sp³-hybridized carbons (Fsp3) is 0.875. The second kappa shape index (κ2) is 6.97. The molecular weight excluding hydrogens is 176 g/mol. The van der Waals surface area contributed by atoms with Gasteiger partial charge in [0.05, 0.1) is 6.61 Å². The zero-order valence-corrected chi connectivity index (χ0v) is 8.10. The van der Waals surface area contributed by atoms with Crippen molar-refractivity contribution in [3.05, 3.63) is 0 Å². The highest BCUT2D eigenvalue weighted by molar-refractivity contribution is 5.57. The Balaban J connectivity index is 4.34. The molecular formula is C8H16O5. The van der Waals surface area contributed by atoms with Crippen LogP contribution in [-0.4, -0.2) is 57.6 Å². The predicted octanol–water partition coefficient (Wildman–Crippen LogP) is -0.777. The first kappa shape index (κ1) is 12.5. The minimum Gasteiger partial charge on any atom is -0.394 e. The Morgan fingerprint density at radius 1 is 1.23 bits per heavy atom. The van der Waals surface area contributed by atoms with Gasteiger partial charge in [0.1, 0.15) is 18.3 Å². The monoisotopic (exact) mass is 192 g/mol. The maximum atomic E-state index is 10.5. The van der Waals surface area contributed by atoms with Gasteiger partial charge < -0.3 is 24.1 Å². The highest BCUT2D eigenvalue weighted by Gasteiger charge is 2.29. The van der Waals surface area contributed by atoms with E-state index in [9.17, 15) is 4.79 Å². The first-order chi connectivity index (χ1) is 6.24. The highest BCUT2D eigenvalue weighted by atomic mass is 16.6. The van der Waals surface area contributed by atoms with Gasteiger partial charge in [-0.2, -0.15) is 0 Å². The summed E-state index contributed by atoms with van der Waals surface area (Å²) in [5.41, 5.74) is 0. The molecule has 5 nitrogen and oxygen atoms in total. The van der Waals surface area contributed by atoms with E-state index < -0.39 is 18.3 Å². The Kier molecular flexibility index (Phi) is 6.70. The van der Waals surface area contributed by atoms with E-state index in [0.29, 0.717) is 6.29 Å². The highest BCUT2D eigenvalue weighted by Crippen LogP contribution is 2.08. The van der Waals surface area contributed by atoms with Crippen LogP contribution in [0.4, 0.5) is 0 Å². The van der Waals surface area contributed by atoms with Crippen molar-refractivity contribution in [2.45, 2.75) is 18.3 Å². The van der Waals surface area contributed by atoms with Crippen LogP contribution >= 0.6 is 0 Å². The summed E-state index contributed by atoms with van der Waals surface area (Å²) in [5, 5.41) is 8.89. The molecule has 5 heteroatoms. The van der Waals surface area contributed by atoms with E-state index in [0.717, 1.165) is 0 Å². The molecule has 78 valence electrons. The van der Waals surface area contributed by atoms with Gasteiger partial charge in [-0.3, -0.25) is 0 Å². The van der Waals surface area contributed by atoms with Crippen LogP contribution in [-0.2, 0) is 19.0 Å². The van der Waals surface area contributed by atoms with Gasteiger partial charge in [-0.05, 0) is 0 Å². The second-order valence-electron chi connectivity index (χ2n) is 2.49. The van der Waals surface area contributed by atoms with Crippen LogP contribution in [0, 0.1) is 0 Å². The molecule has 0 aromatic rings. The van der Waals surface area contributed by atoms with Gasteiger partial charge in [0, 0.05) is 21.3 Å². The van der Waals surface area contributed by atoms with E-state index in [4.69, 9.17) is 19.3 Å². The van der Waals surface area contributed by atoms with Crippen molar-refractivity contribution in [3.8, 4) is 0 Å². The molecule has 0 radical (unpaired) electrons. The molecule has 0 heterocycles. The molecule has 13 heavy (non-hydrogen) atoms. The van der Waals surface area contributed by atoms with Gasteiger partial charge in [-0.25, -0.2) is 0 Å². The van der Waals surface area contributed by atoms with Gasteiger partial charge in [0.2, 0.25) is 0 Å². The molecule has 1 N–H and O–H groups in total. The zero-order chi connectivity index (χ0) is 10.3. The molecule has 0 aliphatic heterocycles. The SMILES string of the molecule is CO[C@@H]([C@@H](C=O)OC)[C@@H](CO)OC. The number of aldehydes is 1. The van der Waals surface area contributed by atoms with Crippen molar-refractivity contribution in [2.24, 2.45) is 0 Å². The minimum atomic E-state index is -0.720. The Bertz CT molecular complexity index is 134. The molecule has 0 amide bonds. The standard InChI is InChI=1S/C8H16O5/c1-11-6(4-9)8(13-3)7(5-10)12-2/h4,6-8,10H,5H2,1-3H3/t6-,7-,8+/m1/s1. The summed E-state index contributed by atoms with van der Waals surface area (Å²) in [6.07, 6.45) is -1.24. The molecule has 0 rings (SSSR count). The van der Waals surface area contributed by atoms with Crippen LogP contribution < -0.4 is 0 Å². The zero-order valence-electron chi connectivity index (χ0n) is 8.10. The molecule has 0 aromatic carbocycles. The molecule has 0 aliphatic carbocycles. The quantitative estimate of drug-likeness (QED) is 0.536. The summed E-state index contributed by atoms with van der Waals surface area (Å²) in [5.74, 6) is 0. The first-order valence-electron chi connectivity index (χ1n) is 3.89. The average molecular weight is 192 g/mol. The lowest BCUT2D eigenvalue weighted by Gasteiger charge is -2.26. The van der Waals surface area contributed by atoms with E-state index in [2.05, 4.69) is 0 Å². The topological polar surface area (TPSA) is 65.0 Å².